The molecule has 0 radical (unpaired) electrons. The Balaban J connectivity index is 3.28. The van der Waals surface area contributed by atoms with Crippen molar-refractivity contribution >= 4 is 28.4 Å². The fourth-order valence-electron chi connectivity index (χ4n) is 1.16. The Hall–Kier alpha value is -0.650. The van der Waals surface area contributed by atoms with E-state index in [1.165, 1.54) is 13.0 Å². The van der Waals surface area contributed by atoms with Crippen LogP contribution in [0.5, 0.6) is 5.75 Å². The summed E-state index contributed by atoms with van der Waals surface area (Å²) in [6, 6.07) is 2.98. The monoisotopic (exact) mass is 308 g/mol. The first-order valence-corrected chi connectivity index (χ1v) is 5.27. The van der Waals surface area contributed by atoms with Crippen LogP contribution < -0.4 is 4.74 Å². The Morgan fingerprint density at radius 2 is 2.21 bits per heavy atom. The van der Waals surface area contributed by atoms with Crippen LogP contribution in [0, 0.1) is 9.39 Å². The Labute approximate surface area is 95.6 Å². The summed E-state index contributed by atoms with van der Waals surface area (Å²) in [5.41, 5.74) is 0.0345. The molecule has 0 atom stereocenters. The predicted octanol–water partition coefficient (Wildman–Crippen LogP) is 3.03. The summed E-state index contributed by atoms with van der Waals surface area (Å²) in [5, 5.41) is 0. The lowest BCUT2D eigenvalue weighted by Gasteiger charge is -2.09. The van der Waals surface area contributed by atoms with Gasteiger partial charge >= 0.3 is 0 Å². The Morgan fingerprint density at radius 1 is 1.57 bits per heavy atom. The van der Waals surface area contributed by atoms with Gasteiger partial charge in [0.1, 0.15) is 11.6 Å². The third-order valence-corrected chi connectivity index (χ3v) is 2.29. The number of halogens is 2. The zero-order valence-electron chi connectivity index (χ0n) is 7.93. The van der Waals surface area contributed by atoms with Crippen molar-refractivity contribution < 1.29 is 13.9 Å². The van der Waals surface area contributed by atoms with Crippen LogP contribution in [0.2, 0.25) is 0 Å². The third-order valence-electron chi connectivity index (χ3n) is 1.67. The number of carbonyl (C=O) groups is 1. The molecule has 0 aliphatic heterocycles. The molecule has 0 aliphatic rings. The van der Waals surface area contributed by atoms with Gasteiger partial charge in [0.25, 0.3) is 0 Å². The molecule has 0 aliphatic carbocycles. The van der Waals surface area contributed by atoms with E-state index < -0.39 is 5.82 Å². The number of Topliss-reactive ketones (excluding diaryl/α,β-unsaturated/α-hetero) is 1. The largest absolute Gasteiger partial charge is 0.493 e. The first-order chi connectivity index (χ1) is 6.56. The minimum Gasteiger partial charge on any atom is -0.493 e. The molecule has 0 heterocycles. The highest BCUT2D eigenvalue weighted by Gasteiger charge is 2.15. The van der Waals surface area contributed by atoms with Gasteiger partial charge in [0.05, 0.1) is 12.2 Å². The summed E-state index contributed by atoms with van der Waals surface area (Å²) in [6.45, 7) is 3.54. The maximum absolute atomic E-state index is 13.4. The minimum absolute atomic E-state index is 0.0345. The lowest BCUT2D eigenvalue weighted by atomic mass is 10.1. The fraction of sp³-hybridized carbons (Fsp3) is 0.300. The molecule has 1 aromatic carbocycles. The summed E-state index contributed by atoms with van der Waals surface area (Å²) in [7, 11) is 0. The summed E-state index contributed by atoms with van der Waals surface area (Å²) in [5.74, 6) is -0.514. The van der Waals surface area contributed by atoms with Gasteiger partial charge in [-0.05, 0) is 48.6 Å². The number of carbonyl (C=O) groups excluding carboxylic acids is 1. The summed E-state index contributed by atoms with van der Waals surface area (Å²) < 4.78 is 19.3. The molecule has 14 heavy (non-hydrogen) atoms. The molecule has 0 saturated carbocycles. The fourth-order valence-corrected chi connectivity index (χ4v) is 1.72. The standard InChI is InChI=1S/C10H10FIO2/c1-3-14-9-5-7(12)4-8(11)10(9)6(2)13/h4-5H,3H2,1-2H3. The van der Waals surface area contributed by atoms with Crippen LogP contribution in [0.1, 0.15) is 24.2 Å². The van der Waals surface area contributed by atoms with Crippen LogP contribution in [-0.2, 0) is 0 Å². The number of ketones is 1. The Kier molecular flexibility index (Phi) is 3.86. The lowest BCUT2D eigenvalue weighted by molar-refractivity contribution is 0.101. The second kappa shape index (κ2) is 4.72. The smallest absolute Gasteiger partial charge is 0.166 e. The second-order valence-electron chi connectivity index (χ2n) is 2.75. The molecule has 0 aromatic heterocycles. The molecule has 0 bridgehead atoms. The van der Waals surface area contributed by atoms with E-state index in [-0.39, 0.29) is 11.3 Å². The zero-order valence-corrected chi connectivity index (χ0v) is 10.1. The topological polar surface area (TPSA) is 26.3 Å². The molecular weight excluding hydrogens is 298 g/mol. The summed E-state index contributed by atoms with van der Waals surface area (Å²) >= 11 is 1.98. The third kappa shape index (κ3) is 2.43. The maximum atomic E-state index is 13.4. The van der Waals surface area contributed by atoms with E-state index in [0.29, 0.717) is 15.9 Å². The average Bonchev–Trinajstić information content (AvgIpc) is 2.01. The second-order valence-corrected chi connectivity index (χ2v) is 4.00. The number of hydrogen-bond donors (Lipinski definition) is 0. The van der Waals surface area contributed by atoms with Gasteiger partial charge in [-0.15, -0.1) is 0 Å². The van der Waals surface area contributed by atoms with Crippen molar-refractivity contribution in [1.82, 2.24) is 0 Å². The van der Waals surface area contributed by atoms with Gasteiger partial charge in [0, 0.05) is 3.57 Å². The van der Waals surface area contributed by atoms with Gasteiger partial charge in [0.2, 0.25) is 0 Å². The van der Waals surface area contributed by atoms with Crippen LogP contribution in [-0.4, -0.2) is 12.4 Å². The zero-order chi connectivity index (χ0) is 10.7. The van der Waals surface area contributed by atoms with Gasteiger partial charge in [-0.2, -0.15) is 0 Å². The first kappa shape index (κ1) is 11.4. The normalized spacial score (nSPS) is 10.0. The van der Waals surface area contributed by atoms with E-state index in [9.17, 15) is 9.18 Å². The van der Waals surface area contributed by atoms with Crippen molar-refractivity contribution in [2.75, 3.05) is 6.61 Å². The van der Waals surface area contributed by atoms with Gasteiger partial charge < -0.3 is 4.74 Å². The minimum atomic E-state index is -0.521. The van der Waals surface area contributed by atoms with Crippen LogP contribution in [0.25, 0.3) is 0 Å². The molecule has 2 nitrogen and oxygen atoms in total. The lowest BCUT2D eigenvalue weighted by Crippen LogP contribution is -2.04. The summed E-state index contributed by atoms with van der Waals surface area (Å²) in [4.78, 5) is 11.2. The van der Waals surface area contributed by atoms with Crippen molar-refractivity contribution in [3.63, 3.8) is 0 Å². The van der Waals surface area contributed by atoms with Crippen molar-refractivity contribution in [1.29, 1.82) is 0 Å². The highest BCUT2D eigenvalue weighted by atomic mass is 127. The van der Waals surface area contributed by atoms with Crippen molar-refractivity contribution in [2.24, 2.45) is 0 Å². The van der Waals surface area contributed by atoms with Crippen molar-refractivity contribution in [2.45, 2.75) is 13.8 Å². The van der Waals surface area contributed by atoms with Crippen LogP contribution in [0.4, 0.5) is 4.39 Å². The molecule has 1 aromatic rings. The molecule has 0 fully saturated rings. The molecule has 0 N–H and O–H groups in total. The van der Waals surface area contributed by atoms with E-state index in [1.807, 2.05) is 22.6 Å². The molecule has 0 spiro atoms. The molecule has 0 saturated heterocycles. The van der Waals surface area contributed by atoms with Crippen molar-refractivity contribution in [3.05, 3.63) is 27.1 Å². The molecule has 1 rings (SSSR count). The van der Waals surface area contributed by atoms with E-state index in [1.54, 1.807) is 13.0 Å². The van der Waals surface area contributed by atoms with E-state index in [0.717, 1.165) is 0 Å². The molecule has 0 unspecified atom stereocenters. The predicted molar refractivity (Wildman–Crippen MR) is 60.3 cm³/mol. The highest BCUT2D eigenvalue weighted by Crippen LogP contribution is 2.25. The van der Waals surface area contributed by atoms with Gasteiger partial charge in [-0.3, -0.25) is 4.79 Å². The number of benzene rings is 1. The molecular formula is C10H10FIO2. The average molecular weight is 308 g/mol. The molecule has 0 amide bonds. The van der Waals surface area contributed by atoms with E-state index >= 15 is 0 Å². The highest BCUT2D eigenvalue weighted by molar-refractivity contribution is 14.1. The van der Waals surface area contributed by atoms with E-state index in [4.69, 9.17) is 4.74 Å². The molecule has 4 heteroatoms. The Bertz CT molecular complexity index is 363. The van der Waals surface area contributed by atoms with Crippen LogP contribution in [0.3, 0.4) is 0 Å². The van der Waals surface area contributed by atoms with Gasteiger partial charge in [-0.25, -0.2) is 4.39 Å². The van der Waals surface area contributed by atoms with Gasteiger partial charge in [0.15, 0.2) is 5.78 Å². The van der Waals surface area contributed by atoms with E-state index in [2.05, 4.69) is 0 Å². The number of ether oxygens (including phenoxy) is 1. The van der Waals surface area contributed by atoms with Crippen LogP contribution >= 0.6 is 22.6 Å². The maximum Gasteiger partial charge on any atom is 0.166 e. The number of rotatable bonds is 3. The van der Waals surface area contributed by atoms with Crippen molar-refractivity contribution in [3.8, 4) is 5.75 Å². The SMILES string of the molecule is CCOc1cc(I)cc(F)c1C(C)=O. The molecule has 76 valence electrons. The van der Waals surface area contributed by atoms with Crippen LogP contribution in [0.15, 0.2) is 12.1 Å². The summed E-state index contributed by atoms with van der Waals surface area (Å²) in [6.07, 6.45) is 0. The van der Waals surface area contributed by atoms with Gasteiger partial charge in [-0.1, -0.05) is 0 Å². The Morgan fingerprint density at radius 3 is 2.71 bits per heavy atom. The first-order valence-electron chi connectivity index (χ1n) is 4.19. The number of hydrogen-bond acceptors (Lipinski definition) is 2. The quantitative estimate of drug-likeness (QED) is 0.634.